The molecule has 0 N–H and O–H groups in total. The van der Waals surface area contributed by atoms with E-state index in [9.17, 15) is 4.79 Å². The number of hydrogen-bond acceptors (Lipinski definition) is 3. The molecule has 2 rings (SSSR count). The quantitative estimate of drug-likeness (QED) is 0.808. The summed E-state index contributed by atoms with van der Waals surface area (Å²) in [6, 6.07) is 6.11. The van der Waals surface area contributed by atoms with Gasteiger partial charge in [-0.25, -0.2) is 0 Å². The number of carbonyl (C=O) groups excluding carboxylic acids is 1. The van der Waals surface area contributed by atoms with Crippen molar-refractivity contribution in [3.05, 3.63) is 23.8 Å². The second-order valence-corrected chi connectivity index (χ2v) is 5.48. The Morgan fingerprint density at radius 3 is 2.43 bits per heavy atom. The minimum Gasteiger partial charge on any atom is -0.493 e. The maximum atomic E-state index is 12.5. The SMILES string of the molecule is CCN(C(=O)Cc1ccc(OC)c(OC)c1)C1CCCC1. The molecular weight excluding hydrogens is 266 g/mol. The first kappa shape index (κ1) is 15.7. The number of nitrogens with zero attached hydrogens (tertiary/aromatic N) is 1. The van der Waals surface area contributed by atoms with Gasteiger partial charge in [0.05, 0.1) is 20.6 Å². The molecule has 0 saturated heterocycles. The summed E-state index contributed by atoms with van der Waals surface area (Å²) in [6.07, 6.45) is 5.19. The minimum absolute atomic E-state index is 0.205. The Morgan fingerprint density at radius 2 is 1.86 bits per heavy atom. The van der Waals surface area contributed by atoms with Crippen LogP contribution in [0.2, 0.25) is 0 Å². The molecule has 0 aliphatic heterocycles. The van der Waals surface area contributed by atoms with Crippen LogP contribution in [-0.2, 0) is 11.2 Å². The summed E-state index contributed by atoms with van der Waals surface area (Å²) in [6.45, 7) is 2.85. The molecule has 0 bridgehead atoms. The van der Waals surface area contributed by atoms with E-state index in [1.807, 2.05) is 23.1 Å². The highest BCUT2D eigenvalue weighted by molar-refractivity contribution is 5.79. The summed E-state index contributed by atoms with van der Waals surface area (Å²) < 4.78 is 10.5. The molecule has 116 valence electrons. The van der Waals surface area contributed by atoms with Gasteiger partial charge in [0.15, 0.2) is 11.5 Å². The van der Waals surface area contributed by atoms with E-state index < -0.39 is 0 Å². The van der Waals surface area contributed by atoms with Gasteiger partial charge >= 0.3 is 0 Å². The van der Waals surface area contributed by atoms with Gasteiger partial charge in [-0.15, -0.1) is 0 Å². The van der Waals surface area contributed by atoms with E-state index in [1.165, 1.54) is 12.8 Å². The Morgan fingerprint density at radius 1 is 1.19 bits per heavy atom. The molecule has 0 heterocycles. The molecule has 4 heteroatoms. The first-order chi connectivity index (χ1) is 10.2. The van der Waals surface area contributed by atoms with Crippen molar-refractivity contribution in [1.82, 2.24) is 4.90 Å². The zero-order valence-corrected chi connectivity index (χ0v) is 13.2. The van der Waals surface area contributed by atoms with Gasteiger partial charge in [0.2, 0.25) is 5.91 Å². The Balaban J connectivity index is 2.07. The first-order valence-electron chi connectivity index (χ1n) is 7.70. The molecule has 0 radical (unpaired) electrons. The molecule has 1 aromatic carbocycles. The van der Waals surface area contributed by atoms with E-state index in [1.54, 1.807) is 14.2 Å². The molecule has 1 aliphatic carbocycles. The van der Waals surface area contributed by atoms with Gasteiger partial charge in [0, 0.05) is 12.6 Å². The van der Waals surface area contributed by atoms with Crippen LogP contribution in [0.5, 0.6) is 11.5 Å². The highest BCUT2D eigenvalue weighted by atomic mass is 16.5. The summed E-state index contributed by atoms with van der Waals surface area (Å²) in [5.41, 5.74) is 0.967. The van der Waals surface area contributed by atoms with Crippen molar-refractivity contribution >= 4 is 5.91 Å². The van der Waals surface area contributed by atoms with Gasteiger partial charge in [-0.05, 0) is 37.5 Å². The average molecular weight is 291 g/mol. The number of hydrogen-bond donors (Lipinski definition) is 0. The molecule has 0 aromatic heterocycles. The molecular formula is C17H25NO3. The first-order valence-corrected chi connectivity index (χ1v) is 7.70. The van der Waals surface area contributed by atoms with E-state index >= 15 is 0 Å². The fraction of sp³-hybridized carbons (Fsp3) is 0.588. The van der Waals surface area contributed by atoms with Gasteiger partial charge < -0.3 is 14.4 Å². The van der Waals surface area contributed by atoms with Crippen LogP contribution < -0.4 is 9.47 Å². The van der Waals surface area contributed by atoms with Crippen LogP contribution >= 0.6 is 0 Å². The van der Waals surface area contributed by atoms with Crippen LogP contribution in [0.1, 0.15) is 38.2 Å². The second kappa shape index (κ2) is 7.34. The maximum absolute atomic E-state index is 12.5. The highest BCUT2D eigenvalue weighted by Crippen LogP contribution is 2.28. The topological polar surface area (TPSA) is 38.8 Å². The average Bonchev–Trinajstić information content (AvgIpc) is 3.02. The number of ether oxygens (including phenoxy) is 2. The number of likely N-dealkylation sites (N-methyl/N-ethyl adjacent to an activating group) is 1. The lowest BCUT2D eigenvalue weighted by Crippen LogP contribution is -2.39. The zero-order chi connectivity index (χ0) is 15.2. The molecule has 1 amide bonds. The molecule has 1 aliphatic rings. The molecule has 21 heavy (non-hydrogen) atoms. The van der Waals surface area contributed by atoms with Crippen LogP contribution in [0.4, 0.5) is 0 Å². The van der Waals surface area contributed by atoms with Gasteiger partial charge in [-0.3, -0.25) is 4.79 Å². The van der Waals surface area contributed by atoms with E-state index in [0.29, 0.717) is 24.0 Å². The van der Waals surface area contributed by atoms with Crippen molar-refractivity contribution in [3.8, 4) is 11.5 Å². The summed E-state index contributed by atoms with van der Waals surface area (Å²) >= 11 is 0. The van der Waals surface area contributed by atoms with Crippen LogP contribution in [0, 0.1) is 0 Å². The van der Waals surface area contributed by atoms with Crippen LogP contribution in [-0.4, -0.2) is 37.6 Å². The number of rotatable bonds is 6. The third kappa shape index (κ3) is 3.69. The smallest absolute Gasteiger partial charge is 0.227 e. The molecule has 1 aromatic rings. The predicted octanol–water partition coefficient (Wildman–Crippen LogP) is 3.04. The standard InChI is InChI=1S/C17H25NO3/c1-4-18(14-7-5-6-8-14)17(19)12-13-9-10-15(20-2)16(11-13)21-3/h9-11,14H,4-8,12H2,1-3H3. The van der Waals surface area contributed by atoms with E-state index in [0.717, 1.165) is 24.9 Å². The Bertz CT molecular complexity index is 481. The molecule has 0 spiro atoms. The zero-order valence-electron chi connectivity index (χ0n) is 13.2. The van der Waals surface area contributed by atoms with Gasteiger partial charge in [0.1, 0.15) is 0 Å². The van der Waals surface area contributed by atoms with E-state index in [4.69, 9.17) is 9.47 Å². The maximum Gasteiger partial charge on any atom is 0.227 e. The Labute approximate surface area is 127 Å². The summed E-state index contributed by atoms with van der Waals surface area (Å²) in [7, 11) is 3.22. The molecule has 4 nitrogen and oxygen atoms in total. The lowest BCUT2D eigenvalue weighted by atomic mass is 10.1. The van der Waals surface area contributed by atoms with Crippen molar-refractivity contribution in [3.63, 3.8) is 0 Å². The van der Waals surface area contributed by atoms with E-state index in [2.05, 4.69) is 6.92 Å². The molecule has 0 unspecified atom stereocenters. The largest absolute Gasteiger partial charge is 0.493 e. The molecule has 1 fully saturated rings. The number of methoxy groups -OCH3 is 2. The van der Waals surface area contributed by atoms with Crippen molar-refractivity contribution in [2.75, 3.05) is 20.8 Å². The summed E-state index contributed by atoms with van der Waals surface area (Å²) in [5.74, 6) is 1.57. The predicted molar refractivity (Wildman–Crippen MR) is 82.9 cm³/mol. The monoisotopic (exact) mass is 291 g/mol. The fourth-order valence-corrected chi connectivity index (χ4v) is 3.12. The minimum atomic E-state index is 0.205. The van der Waals surface area contributed by atoms with E-state index in [-0.39, 0.29) is 5.91 Å². The second-order valence-electron chi connectivity index (χ2n) is 5.48. The third-order valence-electron chi connectivity index (χ3n) is 4.23. The van der Waals surface area contributed by atoms with Crippen molar-refractivity contribution in [2.45, 2.75) is 45.1 Å². The fourth-order valence-electron chi connectivity index (χ4n) is 3.12. The lowest BCUT2D eigenvalue weighted by molar-refractivity contribution is -0.132. The number of carbonyl (C=O) groups is 1. The van der Waals surface area contributed by atoms with Crippen LogP contribution in [0.25, 0.3) is 0 Å². The number of benzene rings is 1. The van der Waals surface area contributed by atoms with Gasteiger partial charge in [0.25, 0.3) is 0 Å². The summed E-state index contributed by atoms with van der Waals surface area (Å²) in [5, 5.41) is 0. The van der Waals surface area contributed by atoms with Crippen molar-refractivity contribution < 1.29 is 14.3 Å². The highest BCUT2D eigenvalue weighted by Gasteiger charge is 2.25. The Hall–Kier alpha value is -1.71. The van der Waals surface area contributed by atoms with Gasteiger partial charge in [-0.2, -0.15) is 0 Å². The van der Waals surface area contributed by atoms with Crippen LogP contribution in [0.15, 0.2) is 18.2 Å². The van der Waals surface area contributed by atoms with Crippen LogP contribution in [0.3, 0.4) is 0 Å². The molecule has 1 saturated carbocycles. The summed E-state index contributed by atoms with van der Waals surface area (Å²) in [4.78, 5) is 14.6. The normalized spacial score (nSPS) is 15.0. The van der Waals surface area contributed by atoms with Crippen molar-refractivity contribution in [1.29, 1.82) is 0 Å². The lowest BCUT2D eigenvalue weighted by Gasteiger charge is -2.27. The van der Waals surface area contributed by atoms with Gasteiger partial charge in [-0.1, -0.05) is 18.9 Å². The molecule has 0 atom stereocenters. The Kier molecular flexibility index (Phi) is 5.48. The number of amides is 1. The van der Waals surface area contributed by atoms with Crippen molar-refractivity contribution in [2.24, 2.45) is 0 Å². The third-order valence-corrected chi connectivity index (χ3v) is 4.23.